The lowest BCUT2D eigenvalue weighted by Gasteiger charge is -2.14. The van der Waals surface area contributed by atoms with E-state index in [0.29, 0.717) is 10.2 Å². The molecule has 0 unspecified atom stereocenters. The second-order valence-corrected chi connectivity index (χ2v) is 5.24. The highest BCUT2D eigenvalue weighted by Gasteiger charge is 2.21. The van der Waals surface area contributed by atoms with Gasteiger partial charge in [0.15, 0.2) is 0 Å². The maximum Gasteiger partial charge on any atom is 0.326 e. The summed E-state index contributed by atoms with van der Waals surface area (Å²) in [7, 11) is 0. The quantitative estimate of drug-likeness (QED) is 0.812. The van der Waals surface area contributed by atoms with E-state index in [-0.39, 0.29) is 6.42 Å². The fourth-order valence-electron chi connectivity index (χ4n) is 1.80. The number of hydrogen-bond donors (Lipinski definition) is 2. The predicted molar refractivity (Wildman–Crippen MR) is 81.0 cm³/mol. The molecule has 1 aromatic carbocycles. The Morgan fingerprint density at radius 1 is 1.19 bits per heavy atom. The minimum absolute atomic E-state index is 0.228. The van der Waals surface area contributed by atoms with Crippen LogP contribution in [0.5, 0.6) is 0 Å². The summed E-state index contributed by atoms with van der Waals surface area (Å²) in [5.74, 6) is -1.53. The Morgan fingerprint density at radius 3 is 2.48 bits per heavy atom. The van der Waals surface area contributed by atoms with E-state index in [4.69, 9.17) is 0 Å². The lowest BCUT2D eigenvalue weighted by Crippen LogP contribution is -2.42. The van der Waals surface area contributed by atoms with Crippen LogP contribution in [0.1, 0.15) is 15.9 Å². The summed E-state index contributed by atoms with van der Waals surface area (Å²) in [6.45, 7) is 0. The summed E-state index contributed by atoms with van der Waals surface area (Å²) in [6.07, 6.45) is 1.62. The second kappa shape index (κ2) is 6.99. The molecule has 0 aliphatic heterocycles. The maximum atomic E-state index is 12.0. The van der Waals surface area contributed by atoms with Crippen molar-refractivity contribution in [3.8, 4) is 0 Å². The largest absolute Gasteiger partial charge is 0.480 e. The van der Waals surface area contributed by atoms with Crippen LogP contribution in [0.4, 0.5) is 0 Å². The molecule has 0 spiro atoms. The topological polar surface area (TPSA) is 79.3 Å². The molecule has 21 heavy (non-hydrogen) atoms. The summed E-state index contributed by atoms with van der Waals surface area (Å²) in [5, 5.41) is 11.7. The lowest BCUT2D eigenvalue weighted by atomic mass is 10.1. The third-order valence-corrected chi connectivity index (χ3v) is 3.34. The molecule has 108 valence electrons. The number of amides is 1. The number of pyridine rings is 1. The average Bonchev–Trinajstić information content (AvgIpc) is 2.48. The number of carboxylic acid groups (broad SMARTS) is 1. The van der Waals surface area contributed by atoms with Gasteiger partial charge >= 0.3 is 5.97 Å². The number of halogens is 1. The van der Waals surface area contributed by atoms with Gasteiger partial charge in [-0.1, -0.05) is 30.3 Å². The summed E-state index contributed by atoms with van der Waals surface area (Å²) >= 11 is 3.18. The fraction of sp³-hybridized carbons (Fsp3) is 0.133. The Kier molecular flexibility index (Phi) is 5.05. The molecule has 0 saturated carbocycles. The monoisotopic (exact) mass is 348 g/mol. The van der Waals surface area contributed by atoms with Gasteiger partial charge in [0.05, 0.1) is 5.56 Å². The Morgan fingerprint density at radius 2 is 1.90 bits per heavy atom. The van der Waals surface area contributed by atoms with Crippen molar-refractivity contribution in [2.75, 3.05) is 0 Å². The molecule has 0 bridgehead atoms. The molecule has 0 fully saturated rings. The van der Waals surface area contributed by atoms with Crippen molar-refractivity contribution in [3.63, 3.8) is 0 Å². The number of aliphatic carboxylic acids is 1. The number of nitrogens with one attached hydrogen (secondary N) is 1. The average molecular weight is 349 g/mol. The molecule has 1 aromatic heterocycles. The Hall–Kier alpha value is -2.21. The summed E-state index contributed by atoms with van der Waals surface area (Å²) in [4.78, 5) is 27.3. The number of aromatic nitrogens is 1. The van der Waals surface area contributed by atoms with E-state index in [1.54, 1.807) is 12.1 Å². The molecule has 1 amide bonds. The van der Waals surface area contributed by atoms with Crippen LogP contribution >= 0.6 is 15.9 Å². The number of carbonyl (C=O) groups is 2. The van der Waals surface area contributed by atoms with E-state index in [0.717, 1.165) is 5.56 Å². The molecule has 2 rings (SSSR count). The van der Waals surface area contributed by atoms with Gasteiger partial charge in [-0.05, 0) is 33.6 Å². The third-order valence-electron chi connectivity index (χ3n) is 2.88. The standard InChI is InChI=1S/C15H13BrN2O3/c16-13-7-6-11(9-17-13)14(19)18-12(15(20)21)8-10-4-2-1-3-5-10/h1-7,9,12H,8H2,(H,18,19)(H,20,21)/t12-/m0/s1. The van der Waals surface area contributed by atoms with Crippen molar-refractivity contribution in [2.24, 2.45) is 0 Å². The van der Waals surface area contributed by atoms with Gasteiger partial charge in [-0.3, -0.25) is 4.79 Å². The van der Waals surface area contributed by atoms with E-state index in [2.05, 4.69) is 26.2 Å². The summed E-state index contributed by atoms with van der Waals surface area (Å²) < 4.78 is 0.609. The van der Waals surface area contributed by atoms with E-state index in [9.17, 15) is 14.7 Å². The molecule has 1 atom stereocenters. The lowest BCUT2D eigenvalue weighted by molar-refractivity contribution is -0.139. The van der Waals surface area contributed by atoms with Gasteiger partial charge in [0.1, 0.15) is 10.6 Å². The Labute approximate surface area is 130 Å². The first kappa shape index (κ1) is 15.2. The molecule has 0 aliphatic carbocycles. The van der Waals surface area contributed by atoms with Crippen LogP contribution in [0.3, 0.4) is 0 Å². The molecule has 0 saturated heterocycles. The molecule has 2 N–H and O–H groups in total. The minimum Gasteiger partial charge on any atom is -0.480 e. The highest BCUT2D eigenvalue weighted by atomic mass is 79.9. The van der Waals surface area contributed by atoms with E-state index >= 15 is 0 Å². The molecule has 6 heteroatoms. The number of carbonyl (C=O) groups excluding carboxylic acids is 1. The van der Waals surface area contributed by atoms with E-state index in [1.807, 2.05) is 30.3 Å². The normalized spacial score (nSPS) is 11.7. The van der Waals surface area contributed by atoms with Gasteiger partial charge in [-0.15, -0.1) is 0 Å². The summed E-state index contributed by atoms with van der Waals surface area (Å²) in [6, 6.07) is 11.4. The zero-order valence-corrected chi connectivity index (χ0v) is 12.6. The number of nitrogens with zero attached hydrogens (tertiary/aromatic N) is 1. The molecule has 0 aliphatic rings. The van der Waals surface area contributed by atoms with Crippen molar-refractivity contribution in [3.05, 3.63) is 64.4 Å². The van der Waals surface area contributed by atoms with Gasteiger partial charge < -0.3 is 10.4 Å². The van der Waals surface area contributed by atoms with Crippen molar-refractivity contribution in [2.45, 2.75) is 12.5 Å². The van der Waals surface area contributed by atoms with Gasteiger partial charge in [0, 0.05) is 12.6 Å². The van der Waals surface area contributed by atoms with Crippen LogP contribution in [0.2, 0.25) is 0 Å². The number of benzene rings is 1. The first-order valence-electron chi connectivity index (χ1n) is 6.25. The zero-order valence-electron chi connectivity index (χ0n) is 11.0. The fourth-order valence-corrected chi connectivity index (χ4v) is 2.04. The molecule has 0 radical (unpaired) electrons. The first-order chi connectivity index (χ1) is 10.1. The van der Waals surface area contributed by atoms with Gasteiger partial charge in [0.2, 0.25) is 0 Å². The minimum atomic E-state index is -1.07. The van der Waals surface area contributed by atoms with Gasteiger partial charge in [0.25, 0.3) is 5.91 Å². The maximum absolute atomic E-state index is 12.0. The van der Waals surface area contributed by atoms with Crippen molar-refractivity contribution >= 4 is 27.8 Å². The molecule has 2 aromatic rings. The predicted octanol–water partition coefficient (Wildman–Crippen LogP) is 2.27. The van der Waals surface area contributed by atoms with Crippen LogP contribution in [0, 0.1) is 0 Å². The number of carboxylic acids is 1. The van der Waals surface area contributed by atoms with Crippen LogP contribution < -0.4 is 5.32 Å². The van der Waals surface area contributed by atoms with Crippen LogP contribution in [0.15, 0.2) is 53.3 Å². The van der Waals surface area contributed by atoms with E-state index in [1.165, 1.54) is 6.20 Å². The van der Waals surface area contributed by atoms with Crippen LogP contribution in [0.25, 0.3) is 0 Å². The number of hydrogen-bond acceptors (Lipinski definition) is 3. The third kappa shape index (κ3) is 4.39. The van der Waals surface area contributed by atoms with Crippen molar-refractivity contribution < 1.29 is 14.7 Å². The van der Waals surface area contributed by atoms with Gasteiger partial charge in [-0.2, -0.15) is 0 Å². The highest BCUT2D eigenvalue weighted by molar-refractivity contribution is 9.10. The Balaban J connectivity index is 2.07. The van der Waals surface area contributed by atoms with Gasteiger partial charge in [-0.25, -0.2) is 9.78 Å². The molecular weight excluding hydrogens is 336 g/mol. The smallest absolute Gasteiger partial charge is 0.326 e. The van der Waals surface area contributed by atoms with Crippen molar-refractivity contribution in [1.29, 1.82) is 0 Å². The van der Waals surface area contributed by atoms with E-state index < -0.39 is 17.9 Å². The number of rotatable bonds is 5. The second-order valence-electron chi connectivity index (χ2n) is 4.42. The van der Waals surface area contributed by atoms with Crippen molar-refractivity contribution in [1.82, 2.24) is 10.3 Å². The Bertz CT molecular complexity index is 629. The highest BCUT2D eigenvalue weighted by Crippen LogP contribution is 2.08. The van der Waals surface area contributed by atoms with Crippen LogP contribution in [-0.4, -0.2) is 28.0 Å². The first-order valence-corrected chi connectivity index (χ1v) is 7.04. The van der Waals surface area contributed by atoms with Crippen LogP contribution in [-0.2, 0) is 11.2 Å². The zero-order chi connectivity index (χ0) is 15.2. The summed E-state index contributed by atoms with van der Waals surface area (Å²) in [5.41, 5.74) is 1.16. The molecule has 1 heterocycles. The molecular formula is C15H13BrN2O3. The SMILES string of the molecule is O=C(N[C@@H](Cc1ccccc1)C(=O)O)c1ccc(Br)nc1. The molecule has 5 nitrogen and oxygen atoms in total.